The standard InChI is InChI=1S/C6H10N2O2S/c7-4-5(10)8-1-3(9)2-11-6(4)8/h3-4,6,9H,1-2,7H2/t3?,4?,6-/m0/s1. The molecule has 2 rings (SSSR count). The van der Waals surface area contributed by atoms with Crippen LogP contribution < -0.4 is 5.73 Å². The molecular formula is C6H10N2O2S. The van der Waals surface area contributed by atoms with Gasteiger partial charge in [0.1, 0.15) is 11.4 Å². The van der Waals surface area contributed by atoms with Gasteiger partial charge >= 0.3 is 0 Å². The first-order valence-electron chi connectivity index (χ1n) is 3.56. The van der Waals surface area contributed by atoms with Crippen LogP contribution in [0.1, 0.15) is 0 Å². The first-order chi connectivity index (χ1) is 5.20. The van der Waals surface area contributed by atoms with Crippen LogP contribution in [0.4, 0.5) is 0 Å². The molecule has 0 saturated carbocycles. The molecule has 4 nitrogen and oxygen atoms in total. The molecule has 3 atom stereocenters. The van der Waals surface area contributed by atoms with Crippen LogP contribution in [0.5, 0.6) is 0 Å². The van der Waals surface area contributed by atoms with E-state index in [1.165, 1.54) is 0 Å². The second-order valence-corrected chi connectivity index (χ2v) is 4.04. The van der Waals surface area contributed by atoms with Crippen molar-refractivity contribution in [2.75, 3.05) is 12.3 Å². The summed E-state index contributed by atoms with van der Waals surface area (Å²) in [5.41, 5.74) is 5.53. The van der Waals surface area contributed by atoms with Crippen LogP contribution >= 0.6 is 11.8 Å². The zero-order valence-corrected chi connectivity index (χ0v) is 6.75. The maximum Gasteiger partial charge on any atom is 0.243 e. The van der Waals surface area contributed by atoms with Gasteiger partial charge in [0.2, 0.25) is 5.91 Å². The Morgan fingerprint density at radius 1 is 1.73 bits per heavy atom. The van der Waals surface area contributed by atoms with Gasteiger partial charge in [0.05, 0.1) is 6.10 Å². The lowest BCUT2D eigenvalue weighted by molar-refractivity contribution is -0.146. The molecule has 3 N–H and O–H groups in total. The number of nitrogens with zero attached hydrogens (tertiary/aromatic N) is 1. The van der Waals surface area contributed by atoms with Crippen molar-refractivity contribution in [2.24, 2.45) is 5.73 Å². The van der Waals surface area contributed by atoms with E-state index in [0.29, 0.717) is 12.3 Å². The number of rotatable bonds is 0. The van der Waals surface area contributed by atoms with Gasteiger partial charge in [-0.3, -0.25) is 4.79 Å². The third kappa shape index (κ3) is 0.953. The number of carbonyl (C=O) groups excluding carboxylic acids is 1. The number of hydrogen-bond acceptors (Lipinski definition) is 4. The van der Waals surface area contributed by atoms with Crippen LogP contribution in [0.15, 0.2) is 0 Å². The zero-order chi connectivity index (χ0) is 8.01. The average molecular weight is 174 g/mol. The molecule has 5 heteroatoms. The molecule has 1 amide bonds. The molecule has 2 saturated heterocycles. The van der Waals surface area contributed by atoms with Gasteiger partial charge in [-0.15, -0.1) is 11.8 Å². The minimum Gasteiger partial charge on any atom is -0.390 e. The summed E-state index contributed by atoms with van der Waals surface area (Å²) in [6, 6.07) is -0.326. The van der Waals surface area contributed by atoms with Gasteiger partial charge in [0.15, 0.2) is 0 Å². The minimum absolute atomic E-state index is 0.0266. The summed E-state index contributed by atoms with van der Waals surface area (Å²) in [5, 5.41) is 9.31. The first kappa shape index (κ1) is 7.39. The number of carbonyl (C=O) groups is 1. The van der Waals surface area contributed by atoms with Crippen LogP contribution in [0, 0.1) is 0 Å². The lowest BCUT2D eigenvalue weighted by atomic mass is 10.1. The van der Waals surface area contributed by atoms with Crippen LogP contribution in [0.25, 0.3) is 0 Å². The lowest BCUT2D eigenvalue weighted by Crippen LogP contribution is -2.70. The zero-order valence-electron chi connectivity index (χ0n) is 5.93. The molecule has 2 aliphatic rings. The maximum atomic E-state index is 11.0. The summed E-state index contributed by atoms with van der Waals surface area (Å²) in [5.74, 6) is 0.670. The number of aliphatic hydroxyl groups is 1. The lowest BCUT2D eigenvalue weighted by Gasteiger charge is -2.48. The minimum atomic E-state index is -0.368. The number of thioether (sulfide) groups is 1. The van der Waals surface area contributed by atoms with Crippen molar-refractivity contribution in [3.05, 3.63) is 0 Å². The van der Waals surface area contributed by atoms with Gasteiger partial charge < -0.3 is 15.7 Å². The highest BCUT2D eigenvalue weighted by atomic mass is 32.2. The molecule has 2 heterocycles. The van der Waals surface area contributed by atoms with Gasteiger partial charge in [-0.2, -0.15) is 0 Å². The fourth-order valence-electron chi connectivity index (χ4n) is 1.43. The Balaban J connectivity index is 2.04. The summed E-state index contributed by atoms with van der Waals surface area (Å²) in [6.07, 6.45) is -0.368. The summed E-state index contributed by atoms with van der Waals surface area (Å²) >= 11 is 1.56. The Morgan fingerprint density at radius 2 is 2.45 bits per heavy atom. The molecule has 0 aromatic heterocycles. The van der Waals surface area contributed by atoms with Crippen molar-refractivity contribution in [3.8, 4) is 0 Å². The van der Waals surface area contributed by atoms with Crippen molar-refractivity contribution in [1.29, 1.82) is 0 Å². The van der Waals surface area contributed by atoms with Gasteiger partial charge in [-0.1, -0.05) is 0 Å². The van der Waals surface area contributed by atoms with Crippen molar-refractivity contribution >= 4 is 17.7 Å². The van der Waals surface area contributed by atoms with Crippen molar-refractivity contribution in [3.63, 3.8) is 0 Å². The Bertz CT molecular complexity index is 199. The van der Waals surface area contributed by atoms with Crippen molar-refractivity contribution < 1.29 is 9.90 Å². The fraction of sp³-hybridized carbons (Fsp3) is 0.833. The molecule has 0 spiro atoms. The molecule has 11 heavy (non-hydrogen) atoms. The Kier molecular flexibility index (Phi) is 1.59. The monoisotopic (exact) mass is 174 g/mol. The smallest absolute Gasteiger partial charge is 0.243 e. The maximum absolute atomic E-state index is 11.0. The number of β-lactam (4-membered cyclic amide) rings is 1. The quantitative estimate of drug-likeness (QED) is 0.443. The highest BCUT2D eigenvalue weighted by molar-refractivity contribution is 8.00. The Morgan fingerprint density at radius 3 is 3.18 bits per heavy atom. The van der Waals surface area contributed by atoms with Crippen LogP contribution in [-0.2, 0) is 4.79 Å². The topological polar surface area (TPSA) is 66.6 Å². The summed E-state index contributed by atoms with van der Waals surface area (Å²) in [4.78, 5) is 12.7. The number of amides is 1. The predicted octanol–water partition coefficient (Wildman–Crippen LogP) is -1.41. The third-order valence-electron chi connectivity index (χ3n) is 2.05. The largest absolute Gasteiger partial charge is 0.390 e. The number of fused-ring (bicyclic) bond motifs is 1. The Hall–Kier alpha value is -0.260. The molecule has 0 radical (unpaired) electrons. The normalized spacial score (nSPS) is 43.3. The summed E-state index contributed by atoms with van der Waals surface area (Å²) in [7, 11) is 0. The van der Waals surface area contributed by atoms with E-state index in [-0.39, 0.29) is 23.4 Å². The van der Waals surface area contributed by atoms with Gasteiger partial charge in [-0.05, 0) is 0 Å². The van der Waals surface area contributed by atoms with E-state index in [0.717, 1.165) is 0 Å². The molecule has 0 aromatic carbocycles. The first-order valence-corrected chi connectivity index (χ1v) is 4.61. The molecule has 0 aliphatic carbocycles. The SMILES string of the molecule is NC1C(=O)N2CC(O)CS[C@@H]12. The second kappa shape index (κ2) is 2.36. The molecule has 2 fully saturated rings. The van der Waals surface area contributed by atoms with Crippen LogP contribution in [0.2, 0.25) is 0 Å². The van der Waals surface area contributed by atoms with E-state index in [4.69, 9.17) is 5.73 Å². The predicted molar refractivity (Wildman–Crippen MR) is 41.9 cm³/mol. The molecule has 0 aromatic rings. The van der Waals surface area contributed by atoms with E-state index >= 15 is 0 Å². The van der Waals surface area contributed by atoms with Crippen LogP contribution in [0.3, 0.4) is 0 Å². The van der Waals surface area contributed by atoms with E-state index < -0.39 is 0 Å². The van der Waals surface area contributed by atoms with Crippen molar-refractivity contribution in [1.82, 2.24) is 4.90 Å². The number of nitrogens with two attached hydrogens (primary N) is 1. The second-order valence-electron chi connectivity index (χ2n) is 2.89. The summed E-state index contributed by atoms with van der Waals surface area (Å²) < 4.78 is 0. The van der Waals surface area contributed by atoms with Crippen LogP contribution in [-0.4, -0.2) is 45.7 Å². The Labute approximate surface area is 68.7 Å². The average Bonchev–Trinajstić information content (AvgIpc) is 2.03. The van der Waals surface area contributed by atoms with Gasteiger partial charge in [0.25, 0.3) is 0 Å². The van der Waals surface area contributed by atoms with E-state index in [9.17, 15) is 9.90 Å². The molecule has 62 valence electrons. The van der Waals surface area contributed by atoms with E-state index in [1.807, 2.05) is 0 Å². The highest BCUT2D eigenvalue weighted by Gasteiger charge is 2.48. The number of hydrogen-bond donors (Lipinski definition) is 2. The van der Waals surface area contributed by atoms with Crippen molar-refractivity contribution in [2.45, 2.75) is 17.5 Å². The summed E-state index contributed by atoms with van der Waals surface area (Å²) in [6.45, 7) is 0.463. The molecule has 2 aliphatic heterocycles. The van der Waals surface area contributed by atoms with E-state index in [1.54, 1.807) is 16.7 Å². The molecular weight excluding hydrogens is 164 g/mol. The van der Waals surface area contributed by atoms with E-state index in [2.05, 4.69) is 0 Å². The number of aliphatic hydroxyl groups excluding tert-OH is 1. The molecule has 0 bridgehead atoms. The molecule has 2 unspecified atom stereocenters. The highest BCUT2D eigenvalue weighted by Crippen LogP contribution is 2.33. The van der Waals surface area contributed by atoms with Gasteiger partial charge in [0, 0.05) is 12.3 Å². The fourth-order valence-corrected chi connectivity index (χ4v) is 2.65. The van der Waals surface area contributed by atoms with Gasteiger partial charge in [-0.25, -0.2) is 0 Å². The third-order valence-corrected chi connectivity index (χ3v) is 3.52.